The largest absolute Gasteiger partial charge is 0.478 e. The minimum Gasteiger partial charge on any atom is -0.478 e. The van der Waals surface area contributed by atoms with E-state index >= 15 is 0 Å². The summed E-state index contributed by atoms with van der Waals surface area (Å²) in [7, 11) is 0. The Labute approximate surface area is 114 Å². The number of carbonyl (C=O) groups is 2. The second kappa shape index (κ2) is 5.21. The van der Waals surface area contributed by atoms with Crippen LogP contribution in [0, 0.1) is 5.82 Å². The van der Waals surface area contributed by atoms with Crippen LogP contribution in [0.25, 0.3) is 0 Å². The number of hydrogen-bond acceptors (Lipinski definition) is 3. The quantitative estimate of drug-likeness (QED) is 0.895. The molecule has 4 nitrogen and oxygen atoms in total. The summed E-state index contributed by atoms with van der Waals surface area (Å²) in [6, 6.07) is 3.55. The number of aromatic carboxylic acids is 1. The number of amides is 1. The number of nitrogens with one attached hydrogen (secondary N) is 1. The summed E-state index contributed by atoms with van der Waals surface area (Å²) < 4.78 is 12.7. The molecule has 0 radical (unpaired) electrons. The van der Waals surface area contributed by atoms with Crippen molar-refractivity contribution < 1.29 is 19.1 Å². The molecule has 0 spiro atoms. The van der Waals surface area contributed by atoms with Crippen LogP contribution in [0.4, 0.5) is 10.1 Å². The smallest absolute Gasteiger partial charge is 0.338 e. The predicted octanol–water partition coefficient (Wildman–Crippen LogP) is 2.75. The molecule has 1 fully saturated rings. The highest BCUT2D eigenvalue weighted by molar-refractivity contribution is 8.01. The second-order valence-electron chi connectivity index (χ2n) is 4.64. The Morgan fingerprint density at radius 1 is 1.47 bits per heavy atom. The molecule has 1 heterocycles. The van der Waals surface area contributed by atoms with Crippen molar-refractivity contribution in [1.82, 2.24) is 0 Å². The van der Waals surface area contributed by atoms with E-state index in [1.807, 2.05) is 6.92 Å². The van der Waals surface area contributed by atoms with Crippen LogP contribution >= 0.6 is 11.8 Å². The van der Waals surface area contributed by atoms with Gasteiger partial charge in [-0.1, -0.05) is 0 Å². The number of carbonyl (C=O) groups excluding carboxylic acids is 1. The van der Waals surface area contributed by atoms with Gasteiger partial charge in [0.05, 0.1) is 10.3 Å². The van der Waals surface area contributed by atoms with Gasteiger partial charge in [0.1, 0.15) is 5.82 Å². The summed E-state index contributed by atoms with van der Waals surface area (Å²) in [5.41, 5.74) is -0.139. The van der Waals surface area contributed by atoms with E-state index in [4.69, 9.17) is 5.11 Å². The van der Waals surface area contributed by atoms with Gasteiger partial charge in [-0.2, -0.15) is 0 Å². The van der Waals surface area contributed by atoms with Gasteiger partial charge < -0.3 is 10.4 Å². The molecule has 1 aromatic rings. The first-order valence-electron chi connectivity index (χ1n) is 5.91. The molecule has 1 unspecified atom stereocenters. The maximum Gasteiger partial charge on any atom is 0.338 e. The van der Waals surface area contributed by atoms with Crippen LogP contribution in [0.15, 0.2) is 18.2 Å². The Bertz CT molecular complexity index is 527. The maximum atomic E-state index is 13.2. The lowest BCUT2D eigenvalue weighted by atomic mass is 10.0. The molecule has 2 N–H and O–H groups in total. The summed E-state index contributed by atoms with van der Waals surface area (Å²) in [6.45, 7) is 1.86. The average molecular weight is 283 g/mol. The molecule has 0 bridgehead atoms. The molecule has 1 aromatic carbocycles. The Balaban J connectivity index is 2.17. The van der Waals surface area contributed by atoms with E-state index < -0.39 is 22.1 Å². The fraction of sp³-hybridized carbons (Fsp3) is 0.385. The highest BCUT2D eigenvalue weighted by Crippen LogP contribution is 2.38. The molecule has 1 atom stereocenters. The zero-order chi connectivity index (χ0) is 14.0. The van der Waals surface area contributed by atoms with Gasteiger partial charge in [0.15, 0.2) is 0 Å². The molecule has 1 aliphatic heterocycles. The minimum atomic E-state index is -1.35. The summed E-state index contributed by atoms with van der Waals surface area (Å²) in [6.07, 6.45) is 1.77. The van der Waals surface area contributed by atoms with Crippen molar-refractivity contribution in [3.8, 4) is 0 Å². The van der Waals surface area contributed by atoms with Crippen molar-refractivity contribution >= 4 is 29.3 Å². The number of thioether (sulfide) groups is 1. The molecule has 0 aromatic heterocycles. The summed E-state index contributed by atoms with van der Waals surface area (Å²) in [4.78, 5) is 23.0. The first-order chi connectivity index (χ1) is 8.92. The first-order valence-corrected chi connectivity index (χ1v) is 6.89. The van der Waals surface area contributed by atoms with E-state index in [-0.39, 0.29) is 5.91 Å². The monoisotopic (exact) mass is 283 g/mol. The summed E-state index contributed by atoms with van der Waals surface area (Å²) in [5, 5.41) is 11.5. The van der Waals surface area contributed by atoms with Gasteiger partial charge in [-0.15, -0.1) is 11.8 Å². The maximum absolute atomic E-state index is 13.2. The number of benzene rings is 1. The van der Waals surface area contributed by atoms with Gasteiger partial charge in [-0.05, 0) is 43.7 Å². The van der Waals surface area contributed by atoms with Crippen molar-refractivity contribution in [2.24, 2.45) is 0 Å². The Morgan fingerprint density at radius 2 is 2.21 bits per heavy atom. The molecule has 1 amide bonds. The number of anilines is 1. The van der Waals surface area contributed by atoms with Crippen LogP contribution in [-0.4, -0.2) is 27.5 Å². The molecule has 6 heteroatoms. The normalized spacial score (nSPS) is 22.2. The third kappa shape index (κ3) is 2.89. The lowest BCUT2D eigenvalue weighted by molar-refractivity contribution is -0.118. The number of carboxylic acids is 1. The van der Waals surface area contributed by atoms with Crippen LogP contribution in [0.5, 0.6) is 0 Å². The molecule has 1 aliphatic rings. The molecule has 102 valence electrons. The zero-order valence-corrected chi connectivity index (χ0v) is 11.2. The van der Waals surface area contributed by atoms with Gasteiger partial charge in [0, 0.05) is 5.69 Å². The third-order valence-corrected chi connectivity index (χ3v) is 4.67. The number of carboxylic acid groups (broad SMARTS) is 1. The zero-order valence-electron chi connectivity index (χ0n) is 10.4. The topological polar surface area (TPSA) is 66.4 Å². The van der Waals surface area contributed by atoms with Crippen LogP contribution in [0.1, 0.15) is 30.1 Å². The molecular formula is C13H14FNO3S. The molecule has 0 saturated carbocycles. The Morgan fingerprint density at radius 3 is 2.79 bits per heavy atom. The molecule has 2 rings (SSSR count). The molecule has 1 saturated heterocycles. The van der Waals surface area contributed by atoms with Crippen molar-refractivity contribution in [2.75, 3.05) is 11.1 Å². The number of rotatable bonds is 3. The van der Waals surface area contributed by atoms with Gasteiger partial charge in [0.2, 0.25) is 5.91 Å². The number of halogens is 1. The standard InChI is InChI=1S/C13H14FNO3S/c1-13(5-2-6-19-13)12(18)15-8-3-4-10(14)9(7-8)11(16)17/h3-4,7H,2,5-6H2,1H3,(H,15,18)(H,16,17). The fourth-order valence-corrected chi connectivity index (χ4v) is 3.20. The van der Waals surface area contributed by atoms with Gasteiger partial charge in [-0.3, -0.25) is 4.79 Å². The van der Waals surface area contributed by atoms with Gasteiger partial charge in [0.25, 0.3) is 0 Å². The lowest BCUT2D eigenvalue weighted by Crippen LogP contribution is -2.34. The van der Waals surface area contributed by atoms with E-state index in [1.165, 1.54) is 6.07 Å². The van der Waals surface area contributed by atoms with E-state index in [0.29, 0.717) is 5.69 Å². The van der Waals surface area contributed by atoms with Crippen LogP contribution in [-0.2, 0) is 4.79 Å². The fourth-order valence-electron chi connectivity index (χ4n) is 1.99. The van der Waals surface area contributed by atoms with E-state index in [1.54, 1.807) is 11.8 Å². The second-order valence-corrected chi connectivity index (χ2v) is 6.23. The van der Waals surface area contributed by atoms with Crippen molar-refractivity contribution in [3.63, 3.8) is 0 Å². The predicted molar refractivity (Wildman–Crippen MR) is 72.1 cm³/mol. The highest BCUT2D eigenvalue weighted by Gasteiger charge is 2.37. The van der Waals surface area contributed by atoms with Gasteiger partial charge in [-0.25, -0.2) is 9.18 Å². The Hall–Kier alpha value is -1.56. The lowest BCUT2D eigenvalue weighted by Gasteiger charge is -2.21. The SMILES string of the molecule is CC1(C(=O)Nc2ccc(F)c(C(=O)O)c2)CCCS1. The Kier molecular flexibility index (Phi) is 3.80. The first kappa shape index (κ1) is 13.9. The minimum absolute atomic E-state index is 0.169. The third-order valence-electron chi connectivity index (χ3n) is 3.15. The molecule has 0 aliphatic carbocycles. The average Bonchev–Trinajstić information content (AvgIpc) is 2.79. The van der Waals surface area contributed by atoms with Gasteiger partial charge >= 0.3 is 5.97 Å². The number of hydrogen-bond donors (Lipinski definition) is 2. The van der Waals surface area contributed by atoms with Crippen molar-refractivity contribution in [1.29, 1.82) is 0 Å². The summed E-state index contributed by atoms with van der Waals surface area (Å²) >= 11 is 1.58. The summed E-state index contributed by atoms with van der Waals surface area (Å²) in [5.74, 6) is -1.40. The van der Waals surface area contributed by atoms with Crippen molar-refractivity contribution in [2.45, 2.75) is 24.5 Å². The van der Waals surface area contributed by atoms with E-state index in [2.05, 4.69) is 5.32 Å². The van der Waals surface area contributed by atoms with Crippen LogP contribution < -0.4 is 5.32 Å². The van der Waals surface area contributed by atoms with Crippen LogP contribution in [0.3, 0.4) is 0 Å². The van der Waals surface area contributed by atoms with E-state index in [0.717, 1.165) is 30.7 Å². The molecular weight excluding hydrogens is 269 g/mol. The highest BCUT2D eigenvalue weighted by atomic mass is 32.2. The molecule has 19 heavy (non-hydrogen) atoms. The van der Waals surface area contributed by atoms with Crippen molar-refractivity contribution in [3.05, 3.63) is 29.6 Å². The van der Waals surface area contributed by atoms with Crippen LogP contribution in [0.2, 0.25) is 0 Å². The van der Waals surface area contributed by atoms with E-state index in [9.17, 15) is 14.0 Å².